The SMILES string of the molecule is CN1CCN(C(C#N)C#N)CC1. The molecular weight excluding hydrogens is 152 g/mol. The largest absolute Gasteiger partial charge is 0.304 e. The fourth-order valence-corrected chi connectivity index (χ4v) is 1.27. The predicted octanol–water partition coefficient (Wildman–Crippen LogP) is -0.350. The maximum Gasteiger partial charge on any atom is 0.186 e. The standard InChI is InChI=1S/C8H12N4/c1-11-2-4-12(5-3-11)8(6-9)7-10/h8H,2-5H2,1H3. The van der Waals surface area contributed by atoms with Gasteiger partial charge in [-0.2, -0.15) is 10.5 Å². The lowest BCUT2D eigenvalue weighted by Gasteiger charge is -2.32. The number of rotatable bonds is 1. The summed E-state index contributed by atoms with van der Waals surface area (Å²) in [5.41, 5.74) is 0. The summed E-state index contributed by atoms with van der Waals surface area (Å²) in [5, 5.41) is 17.2. The van der Waals surface area contributed by atoms with Crippen LogP contribution in [0.2, 0.25) is 0 Å². The van der Waals surface area contributed by atoms with E-state index in [0.717, 1.165) is 26.2 Å². The Balaban J connectivity index is 2.45. The molecule has 0 amide bonds. The van der Waals surface area contributed by atoms with Gasteiger partial charge in [0.25, 0.3) is 0 Å². The van der Waals surface area contributed by atoms with Crippen LogP contribution in [0, 0.1) is 22.7 Å². The molecular formula is C8H12N4. The molecule has 4 heteroatoms. The Morgan fingerprint density at radius 3 is 2.00 bits per heavy atom. The topological polar surface area (TPSA) is 54.1 Å². The normalized spacial score (nSPS) is 20.3. The van der Waals surface area contributed by atoms with Crippen LogP contribution in [0.3, 0.4) is 0 Å². The lowest BCUT2D eigenvalue weighted by molar-refractivity contribution is 0.149. The van der Waals surface area contributed by atoms with Crippen LogP contribution in [0.1, 0.15) is 0 Å². The Labute approximate surface area is 72.6 Å². The number of nitrogens with zero attached hydrogens (tertiary/aromatic N) is 4. The van der Waals surface area contributed by atoms with Crippen molar-refractivity contribution in [1.29, 1.82) is 10.5 Å². The van der Waals surface area contributed by atoms with E-state index in [-0.39, 0.29) is 0 Å². The van der Waals surface area contributed by atoms with E-state index in [2.05, 4.69) is 4.90 Å². The maximum atomic E-state index is 8.62. The van der Waals surface area contributed by atoms with Gasteiger partial charge in [-0.3, -0.25) is 4.90 Å². The number of hydrogen-bond donors (Lipinski definition) is 0. The highest BCUT2D eigenvalue weighted by molar-refractivity contribution is 5.07. The zero-order valence-corrected chi connectivity index (χ0v) is 7.19. The molecule has 1 aliphatic rings. The van der Waals surface area contributed by atoms with Crippen molar-refractivity contribution in [3.63, 3.8) is 0 Å². The second kappa shape index (κ2) is 4.06. The predicted molar refractivity (Wildman–Crippen MR) is 44.1 cm³/mol. The van der Waals surface area contributed by atoms with Gasteiger partial charge >= 0.3 is 0 Å². The van der Waals surface area contributed by atoms with E-state index in [1.54, 1.807) is 0 Å². The van der Waals surface area contributed by atoms with E-state index < -0.39 is 6.04 Å². The monoisotopic (exact) mass is 164 g/mol. The van der Waals surface area contributed by atoms with Crippen LogP contribution in [0.15, 0.2) is 0 Å². The van der Waals surface area contributed by atoms with E-state index in [9.17, 15) is 0 Å². The number of piperazine rings is 1. The second-order valence-electron chi connectivity index (χ2n) is 3.00. The molecule has 12 heavy (non-hydrogen) atoms. The van der Waals surface area contributed by atoms with Crippen LogP contribution in [0.25, 0.3) is 0 Å². The molecule has 0 N–H and O–H groups in total. The summed E-state index contributed by atoms with van der Waals surface area (Å²) in [4.78, 5) is 4.11. The van der Waals surface area contributed by atoms with Crippen LogP contribution < -0.4 is 0 Å². The van der Waals surface area contributed by atoms with Crippen LogP contribution in [0.4, 0.5) is 0 Å². The van der Waals surface area contributed by atoms with Crippen molar-refractivity contribution in [2.75, 3.05) is 33.2 Å². The zero-order valence-electron chi connectivity index (χ0n) is 7.19. The fraction of sp³-hybridized carbons (Fsp3) is 0.750. The van der Waals surface area contributed by atoms with Crippen LogP contribution >= 0.6 is 0 Å². The Kier molecular flexibility index (Phi) is 3.04. The third kappa shape index (κ3) is 1.94. The van der Waals surface area contributed by atoms with Crippen molar-refractivity contribution >= 4 is 0 Å². The lowest BCUT2D eigenvalue weighted by atomic mass is 10.2. The molecule has 0 radical (unpaired) electrons. The summed E-state index contributed by atoms with van der Waals surface area (Å²) in [7, 11) is 2.05. The lowest BCUT2D eigenvalue weighted by Crippen LogP contribution is -2.48. The highest BCUT2D eigenvalue weighted by Gasteiger charge is 2.21. The third-order valence-corrected chi connectivity index (χ3v) is 2.15. The summed E-state index contributed by atoms with van der Waals surface area (Å²) in [6.07, 6.45) is 0. The highest BCUT2D eigenvalue weighted by Crippen LogP contribution is 2.03. The summed E-state index contributed by atoms with van der Waals surface area (Å²) in [6, 6.07) is 3.41. The van der Waals surface area contributed by atoms with Gasteiger partial charge in [0, 0.05) is 26.2 Å². The zero-order chi connectivity index (χ0) is 8.97. The average Bonchev–Trinajstić information content (AvgIpc) is 2.10. The van der Waals surface area contributed by atoms with Gasteiger partial charge in [-0.15, -0.1) is 0 Å². The van der Waals surface area contributed by atoms with Crippen molar-refractivity contribution in [3.8, 4) is 12.1 Å². The Morgan fingerprint density at radius 2 is 1.58 bits per heavy atom. The van der Waals surface area contributed by atoms with Crippen molar-refractivity contribution in [2.45, 2.75) is 6.04 Å². The first-order valence-electron chi connectivity index (χ1n) is 3.99. The van der Waals surface area contributed by atoms with E-state index in [0.29, 0.717) is 0 Å². The first kappa shape index (κ1) is 8.99. The molecule has 1 heterocycles. The summed E-state index contributed by atoms with van der Waals surface area (Å²) >= 11 is 0. The van der Waals surface area contributed by atoms with Gasteiger partial charge < -0.3 is 4.90 Å². The quantitative estimate of drug-likeness (QED) is 0.531. The number of hydrogen-bond acceptors (Lipinski definition) is 4. The molecule has 0 aliphatic carbocycles. The molecule has 1 aliphatic heterocycles. The van der Waals surface area contributed by atoms with E-state index >= 15 is 0 Å². The van der Waals surface area contributed by atoms with Crippen LogP contribution in [0.5, 0.6) is 0 Å². The molecule has 0 aromatic carbocycles. The molecule has 0 atom stereocenters. The number of likely N-dealkylation sites (N-methyl/N-ethyl adjacent to an activating group) is 1. The molecule has 1 fully saturated rings. The van der Waals surface area contributed by atoms with Gasteiger partial charge in [-0.1, -0.05) is 0 Å². The minimum atomic E-state index is -0.557. The Bertz CT molecular complexity index is 202. The van der Waals surface area contributed by atoms with E-state index in [1.807, 2.05) is 24.1 Å². The van der Waals surface area contributed by atoms with Gasteiger partial charge in [0.15, 0.2) is 6.04 Å². The molecule has 0 aromatic heterocycles. The Hall–Kier alpha value is -1.10. The molecule has 4 nitrogen and oxygen atoms in total. The van der Waals surface area contributed by atoms with Crippen molar-refractivity contribution in [1.82, 2.24) is 9.80 Å². The smallest absolute Gasteiger partial charge is 0.186 e. The van der Waals surface area contributed by atoms with Gasteiger partial charge in [-0.05, 0) is 7.05 Å². The molecule has 0 bridgehead atoms. The summed E-state index contributed by atoms with van der Waals surface area (Å²) in [6.45, 7) is 3.53. The minimum absolute atomic E-state index is 0.557. The van der Waals surface area contributed by atoms with Gasteiger partial charge in [0.1, 0.15) is 0 Å². The molecule has 1 rings (SSSR count). The molecule has 64 valence electrons. The first-order chi connectivity index (χ1) is 5.77. The van der Waals surface area contributed by atoms with E-state index in [1.165, 1.54) is 0 Å². The summed E-state index contributed by atoms with van der Waals surface area (Å²) < 4.78 is 0. The number of nitriles is 2. The van der Waals surface area contributed by atoms with Gasteiger partial charge in [0.05, 0.1) is 12.1 Å². The minimum Gasteiger partial charge on any atom is -0.304 e. The van der Waals surface area contributed by atoms with Crippen LogP contribution in [-0.4, -0.2) is 49.1 Å². The van der Waals surface area contributed by atoms with Crippen LogP contribution in [-0.2, 0) is 0 Å². The van der Waals surface area contributed by atoms with Gasteiger partial charge in [-0.25, -0.2) is 0 Å². The molecule has 1 saturated heterocycles. The highest BCUT2D eigenvalue weighted by atomic mass is 15.3. The second-order valence-corrected chi connectivity index (χ2v) is 3.00. The summed E-state index contributed by atoms with van der Waals surface area (Å²) in [5.74, 6) is 0. The molecule has 0 aromatic rings. The van der Waals surface area contributed by atoms with E-state index in [4.69, 9.17) is 10.5 Å². The molecule has 0 unspecified atom stereocenters. The van der Waals surface area contributed by atoms with Crippen molar-refractivity contribution < 1.29 is 0 Å². The van der Waals surface area contributed by atoms with Crippen molar-refractivity contribution in [2.24, 2.45) is 0 Å². The molecule has 0 spiro atoms. The van der Waals surface area contributed by atoms with Crippen molar-refractivity contribution in [3.05, 3.63) is 0 Å². The third-order valence-electron chi connectivity index (χ3n) is 2.15. The fourth-order valence-electron chi connectivity index (χ4n) is 1.27. The molecule has 0 saturated carbocycles. The first-order valence-corrected chi connectivity index (χ1v) is 3.99. The average molecular weight is 164 g/mol. The Morgan fingerprint density at radius 1 is 1.08 bits per heavy atom. The van der Waals surface area contributed by atoms with Gasteiger partial charge in [0.2, 0.25) is 0 Å². The maximum absolute atomic E-state index is 8.62.